The SMILES string of the molecule is CC(=O)NC1CCCC1.CNC(c1c(F)ccc(Cl)c1Cl)C1CCC2C1C2(F)F.[CH2]=[Cr]. The van der Waals surface area contributed by atoms with Gasteiger partial charge < -0.3 is 10.6 Å². The second-order valence-corrected chi connectivity index (χ2v) is 9.04. The van der Waals surface area contributed by atoms with E-state index in [1.165, 1.54) is 37.8 Å². The van der Waals surface area contributed by atoms with Crippen LogP contribution < -0.4 is 10.6 Å². The summed E-state index contributed by atoms with van der Waals surface area (Å²) in [6, 6.07) is 2.55. The molecular weight excluding hydrogens is 488 g/mol. The topological polar surface area (TPSA) is 41.1 Å². The van der Waals surface area contributed by atoms with Gasteiger partial charge in [0.25, 0.3) is 5.92 Å². The summed E-state index contributed by atoms with van der Waals surface area (Å²) in [6.07, 6.45) is 6.06. The van der Waals surface area contributed by atoms with Crippen LogP contribution in [0.5, 0.6) is 0 Å². The van der Waals surface area contributed by atoms with Crippen LogP contribution in [0.25, 0.3) is 0 Å². The third kappa shape index (κ3) is 6.06. The Bertz CT molecular complexity index is 777. The fourth-order valence-electron chi connectivity index (χ4n) is 5.06. The fourth-order valence-corrected chi connectivity index (χ4v) is 5.49. The molecule has 4 unspecified atom stereocenters. The van der Waals surface area contributed by atoms with Gasteiger partial charge in [-0.3, -0.25) is 4.79 Å². The zero-order valence-corrected chi connectivity index (χ0v) is 20.5. The average Bonchev–Trinajstić information content (AvgIpc) is 3.18. The van der Waals surface area contributed by atoms with E-state index in [0.717, 1.165) is 0 Å². The number of amides is 1. The Kier molecular flexibility index (Phi) is 9.91. The Morgan fingerprint density at radius 3 is 2.29 bits per heavy atom. The van der Waals surface area contributed by atoms with Gasteiger partial charge in [-0.25, -0.2) is 13.2 Å². The van der Waals surface area contributed by atoms with Crippen molar-refractivity contribution in [2.75, 3.05) is 7.05 Å². The molecule has 0 bridgehead atoms. The summed E-state index contributed by atoms with van der Waals surface area (Å²) in [7, 11) is 1.63. The van der Waals surface area contributed by atoms with Crippen molar-refractivity contribution in [1.82, 2.24) is 10.6 Å². The quantitative estimate of drug-likeness (QED) is 0.503. The van der Waals surface area contributed by atoms with Crippen LogP contribution >= 0.6 is 23.2 Å². The predicted octanol–water partition coefficient (Wildman–Crippen LogP) is 5.71. The normalized spacial score (nSPS) is 26.6. The number of benzene rings is 1. The molecule has 1 aromatic carbocycles. The van der Waals surface area contributed by atoms with Crippen molar-refractivity contribution >= 4 is 34.5 Å². The van der Waals surface area contributed by atoms with Gasteiger partial charge in [0.05, 0.1) is 10.0 Å². The number of carbonyl (C=O) groups is 1. The summed E-state index contributed by atoms with van der Waals surface area (Å²) < 4.78 is 41.3. The minimum atomic E-state index is -2.61. The Labute approximate surface area is 200 Å². The Morgan fingerprint density at radius 2 is 1.81 bits per heavy atom. The van der Waals surface area contributed by atoms with Crippen molar-refractivity contribution in [3.05, 3.63) is 33.6 Å². The first-order valence-corrected chi connectivity index (χ1v) is 12.1. The third-order valence-corrected chi connectivity index (χ3v) is 7.25. The van der Waals surface area contributed by atoms with Crippen molar-refractivity contribution < 1.29 is 33.8 Å². The molecule has 9 heteroatoms. The van der Waals surface area contributed by atoms with E-state index < -0.39 is 29.6 Å². The Morgan fingerprint density at radius 1 is 1.19 bits per heavy atom. The van der Waals surface area contributed by atoms with Crippen LogP contribution in [0.15, 0.2) is 12.1 Å². The van der Waals surface area contributed by atoms with Gasteiger partial charge in [-0.1, -0.05) is 36.0 Å². The summed E-state index contributed by atoms with van der Waals surface area (Å²) in [6.45, 7) is 1.58. The summed E-state index contributed by atoms with van der Waals surface area (Å²) >= 11 is 14.4. The Hall–Kier alpha value is -0.578. The first-order chi connectivity index (χ1) is 14.7. The van der Waals surface area contributed by atoms with E-state index in [1.54, 1.807) is 14.0 Å². The first-order valence-electron chi connectivity index (χ1n) is 10.4. The van der Waals surface area contributed by atoms with E-state index in [4.69, 9.17) is 23.2 Å². The van der Waals surface area contributed by atoms with Gasteiger partial charge in [0, 0.05) is 36.4 Å². The number of hydrogen-bond acceptors (Lipinski definition) is 2. The van der Waals surface area contributed by atoms with Crippen molar-refractivity contribution in [1.29, 1.82) is 0 Å². The molecule has 3 aliphatic carbocycles. The number of alkyl halides is 2. The molecule has 0 aliphatic heterocycles. The van der Waals surface area contributed by atoms with Crippen molar-refractivity contribution in [2.24, 2.45) is 17.8 Å². The third-order valence-electron chi connectivity index (χ3n) is 6.43. The summed E-state index contributed by atoms with van der Waals surface area (Å²) in [5, 5.41) is 9.32. The van der Waals surface area contributed by atoms with Crippen LogP contribution in [0.3, 0.4) is 0 Å². The second-order valence-electron chi connectivity index (χ2n) is 8.25. The average molecular weight is 517 g/mol. The predicted molar refractivity (Wildman–Crippen MR) is 116 cm³/mol. The molecule has 3 nitrogen and oxygen atoms in total. The molecule has 0 saturated heterocycles. The van der Waals surface area contributed by atoms with E-state index in [2.05, 4.69) is 31.9 Å². The van der Waals surface area contributed by atoms with Gasteiger partial charge in [0.1, 0.15) is 5.82 Å². The molecule has 3 aliphatic rings. The van der Waals surface area contributed by atoms with Crippen LogP contribution in [0, 0.1) is 23.6 Å². The van der Waals surface area contributed by atoms with Gasteiger partial charge in [0.15, 0.2) is 0 Å². The monoisotopic (exact) mass is 516 g/mol. The maximum absolute atomic E-state index is 14.1. The van der Waals surface area contributed by atoms with E-state index >= 15 is 0 Å². The molecule has 31 heavy (non-hydrogen) atoms. The number of carbonyl (C=O) groups excluding carboxylic acids is 1. The molecule has 4 rings (SSSR count). The summed E-state index contributed by atoms with van der Waals surface area (Å²) in [5.74, 6) is -4.54. The number of halogens is 5. The van der Waals surface area contributed by atoms with Gasteiger partial charge in [-0.15, -0.1) is 0 Å². The number of fused-ring (bicyclic) bond motifs is 1. The van der Waals surface area contributed by atoms with Gasteiger partial charge >= 0.3 is 21.2 Å². The number of rotatable bonds is 4. The van der Waals surface area contributed by atoms with Crippen LogP contribution in [0.4, 0.5) is 13.2 Å². The minimum absolute atomic E-state index is 0.110. The molecule has 0 radical (unpaired) electrons. The van der Waals surface area contributed by atoms with E-state index in [-0.39, 0.29) is 27.4 Å². The zero-order valence-electron chi connectivity index (χ0n) is 17.7. The standard InChI is InChI=1S/C14H14Cl2F3N.C7H13NO.CH2.Cr/c1-20-13(6-2-3-7-11(6)14(7,18)19)10-9(17)5-4-8(15)12(10)16;1-6(9)8-7-4-2-3-5-7;;/h4-7,11,13,20H,2-3H2,1H3;7H,2-5H2,1H3,(H,8,9);1H2;. The van der Waals surface area contributed by atoms with Crippen LogP contribution in [0.2, 0.25) is 10.0 Å². The van der Waals surface area contributed by atoms with E-state index in [9.17, 15) is 18.0 Å². The molecule has 0 aromatic heterocycles. The van der Waals surface area contributed by atoms with Crippen molar-refractivity contribution in [2.45, 2.75) is 63.5 Å². The summed E-state index contributed by atoms with van der Waals surface area (Å²) in [5.41, 5.74) is 0.204. The molecule has 0 spiro atoms. The maximum atomic E-state index is 14.1. The van der Waals surface area contributed by atoms with Crippen LogP contribution in [0.1, 0.15) is 57.1 Å². The number of hydrogen-bond donors (Lipinski definition) is 2. The van der Waals surface area contributed by atoms with E-state index in [1.807, 2.05) is 0 Å². The molecule has 4 atom stereocenters. The molecule has 1 aromatic rings. The molecule has 1 amide bonds. The molecule has 2 N–H and O–H groups in total. The molecule has 3 saturated carbocycles. The van der Waals surface area contributed by atoms with Crippen LogP contribution in [-0.4, -0.2) is 30.3 Å². The zero-order chi connectivity index (χ0) is 23.3. The fraction of sp³-hybridized carbons (Fsp3) is 0.636. The first kappa shape index (κ1) is 26.7. The Balaban J connectivity index is 0.000000261. The van der Waals surface area contributed by atoms with Gasteiger partial charge in [0.2, 0.25) is 5.91 Å². The number of nitrogens with one attached hydrogen (secondary N) is 2. The van der Waals surface area contributed by atoms with Crippen LogP contribution in [-0.2, 0) is 20.6 Å². The van der Waals surface area contributed by atoms with Crippen molar-refractivity contribution in [3.8, 4) is 0 Å². The molecular formula is C22H29Cl2CrF3N2O. The van der Waals surface area contributed by atoms with Gasteiger partial charge in [-0.2, -0.15) is 0 Å². The molecule has 3 fully saturated rings. The van der Waals surface area contributed by atoms with E-state index in [0.29, 0.717) is 18.9 Å². The van der Waals surface area contributed by atoms with Crippen molar-refractivity contribution in [3.63, 3.8) is 0 Å². The second kappa shape index (κ2) is 11.5. The molecule has 0 heterocycles. The van der Waals surface area contributed by atoms with Gasteiger partial charge in [-0.05, 0) is 50.8 Å². The summed E-state index contributed by atoms with van der Waals surface area (Å²) in [4.78, 5) is 10.5. The molecule has 174 valence electrons.